The van der Waals surface area contributed by atoms with Crippen LogP contribution in [-0.2, 0) is 22.3 Å². The van der Waals surface area contributed by atoms with Crippen LogP contribution in [-0.4, -0.2) is 22.1 Å². The van der Waals surface area contributed by atoms with E-state index in [1.54, 1.807) is 24.3 Å². The third-order valence-electron chi connectivity index (χ3n) is 3.15. The molecule has 2 rings (SSSR count). The summed E-state index contributed by atoms with van der Waals surface area (Å²) in [6.07, 6.45) is -4.10. The number of carbonyl (C=O) groups is 2. The average molecular weight is 420 g/mol. The van der Waals surface area contributed by atoms with E-state index in [4.69, 9.17) is 11.6 Å². The van der Waals surface area contributed by atoms with Gasteiger partial charge in [-0.15, -0.1) is 11.8 Å². The Morgan fingerprint density at radius 1 is 1.04 bits per heavy atom. The van der Waals surface area contributed by atoms with Crippen molar-refractivity contribution in [2.24, 2.45) is 0 Å². The molecule has 0 saturated carbocycles. The minimum Gasteiger partial charge on any atom is -0.305 e. The summed E-state index contributed by atoms with van der Waals surface area (Å²) in [6.45, 7) is -0.673. The van der Waals surface area contributed by atoms with Crippen molar-refractivity contribution in [3.05, 3.63) is 63.5 Å². The molecule has 0 bridgehead atoms. The van der Waals surface area contributed by atoms with E-state index in [0.717, 1.165) is 11.0 Å². The zero-order chi connectivity index (χ0) is 20.0. The highest BCUT2D eigenvalue weighted by Gasteiger charge is 2.31. The standard InChI is InChI=1S/C16H13ClF3N3O3S/c17-11-2-4-12(5-3-11)27-9-14(25)22-21-13(24)8-23-7-10(16(18,19)20)1-6-15(23)26/h1-7H,8-9H2,(H,21,24)(H,22,25). The Morgan fingerprint density at radius 3 is 2.30 bits per heavy atom. The number of rotatable bonds is 5. The fourth-order valence-corrected chi connectivity index (χ4v) is 2.70. The largest absolute Gasteiger partial charge is 0.417 e. The number of thioether (sulfide) groups is 1. The van der Waals surface area contributed by atoms with E-state index in [9.17, 15) is 27.6 Å². The van der Waals surface area contributed by atoms with E-state index >= 15 is 0 Å². The molecule has 0 spiro atoms. The maximum atomic E-state index is 12.7. The van der Waals surface area contributed by atoms with Crippen LogP contribution in [0.3, 0.4) is 0 Å². The first-order chi connectivity index (χ1) is 12.6. The van der Waals surface area contributed by atoms with Gasteiger partial charge in [0.1, 0.15) is 6.54 Å². The number of benzene rings is 1. The number of hydrazine groups is 1. The maximum absolute atomic E-state index is 12.7. The Bertz CT molecular complexity index is 885. The number of carbonyl (C=O) groups excluding carboxylic acids is 2. The second kappa shape index (κ2) is 8.96. The van der Waals surface area contributed by atoms with Crippen LogP contribution in [0.4, 0.5) is 13.2 Å². The van der Waals surface area contributed by atoms with E-state index in [1.165, 1.54) is 11.8 Å². The van der Waals surface area contributed by atoms with Gasteiger partial charge in [-0.05, 0) is 30.3 Å². The highest BCUT2D eigenvalue weighted by molar-refractivity contribution is 8.00. The van der Waals surface area contributed by atoms with E-state index in [-0.39, 0.29) is 5.75 Å². The Labute approximate surface area is 160 Å². The zero-order valence-electron chi connectivity index (χ0n) is 13.5. The van der Waals surface area contributed by atoms with Gasteiger partial charge in [-0.1, -0.05) is 11.6 Å². The minimum atomic E-state index is -4.64. The summed E-state index contributed by atoms with van der Waals surface area (Å²) in [5.41, 5.74) is 2.34. The molecular formula is C16H13ClF3N3O3S. The summed E-state index contributed by atoms with van der Waals surface area (Å²) in [5.74, 6) is -1.38. The monoisotopic (exact) mass is 419 g/mol. The first-order valence-corrected chi connectivity index (χ1v) is 8.75. The first kappa shape index (κ1) is 20.8. The number of amides is 2. The highest BCUT2D eigenvalue weighted by Crippen LogP contribution is 2.28. The number of halogens is 4. The van der Waals surface area contributed by atoms with Crippen molar-refractivity contribution < 1.29 is 22.8 Å². The molecule has 0 aliphatic carbocycles. The van der Waals surface area contributed by atoms with E-state index in [0.29, 0.717) is 21.9 Å². The van der Waals surface area contributed by atoms with Gasteiger partial charge in [0.15, 0.2) is 0 Å². The van der Waals surface area contributed by atoms with Gasteiger partial charge in [-0.3, -0.25) is 25.2 Å². The summed E-state index contributed by atoms with van der Waals surface area (Å²) < 4.78 is 38.6. The third kappa shape index (κ3) is 6.65. The van der Waals surface area contributed by atoms with Crippen molar-refractivity contribution >= 4 is 35.2 Å². The summed E-state index contributed by atoms with van der Waals surface area (Å²) in [4.78, 5) is 35.8. The summed E-state index contributed by atoms with van der Waals surface area (Å²) in [5, 5.41) is 0.556. The smallest absolute Gasteiger partial charge is 0.305 e. The molecule has 11 heteroatoms. The Morgan fingerprint density at radius 2 is 1.67 bits per heavy atom. The van der Waals surface area contributed by atoms with Crippen molar-refractivity contribution in [1.82, 2.24) is 15.4 Å². The van der Waals surface area contributed by atoms with Crippen molar-refractivity contribution in [3.63, 3.8) is 0 Å². The second-order valence-corrected chi connectivity index (χ2v) is 6.71. The molecule has 2 aromatic rings. The normalized spacial score (nSPS) is 11.1. The average Bonchev–Trinajstić information content (AvgIpc) is 2.60. The number of pyridine rings is 1. The molecule has 2 N–H and O–H groups in total. The van der Waals surface area contributed by atoms with Crippen LogP contribution in [0.2, 0.25) is 5.02 Å². The lowest BCUT2D eigenvalue weighted by molar-refractivity contribution is -0.138. The zero-order valence-corrected chi connectivity index (χ0v) is 15.1. The Hall–Kier alpha value is -2.46. The predicted octanol–water partition coefficient (Wildman–Crippen LogP) is 2.46. The molecule has 2 amide bonds. The molecule has 1 aromatic carbocycles. The second-order valence-electron chi connectivity index (χ2n) is 5.22. The van der Waals surface area contributed by atoms with Gasteiger partial charge in [0.05, 0.1) is 11.3 Å². The van der Waals surface area contributed by atoms with Crippen LogP contribution >= 0.6 is 23.4 Å². The topological polar surface area (TPSA) is 80.2 Å². The fraction of sp³-hybridized carbons (Fsp3) is 0.188. The first-order valence-electron chi connectivity index (χ1n) is 7.39. The van der Waals surface area contributed by atoms with E-state index < -0.39 is 35.7 Å². The summed E-state index contributed by atoms with van der Waals surface area (Å²) in [7, 11) is 0. The molecule has 0 unspecified atom stereocenters. The molecule has 1 aromatic heterocycles. The van der Waals surface area contributed by atoms with Crippen LogP contribution in [0.25, 0.3) is 0 Å². The third-order valence-corrected chi connectivity index (χ3v) is 4.41. The van der Waals surface area contributed by atoms with Gasteiger partial charge in [-0.2, -0.15) is 13.2 Å². The van der Waals surface area contributed by atoms with E-state index in [1.807, 2.05) is 5.43 Å². The lowest BCUT2D eigenvalue weighted by Crippen LogP contribution is -2.44. The lowest BCUT2D eigenvalue weighted by Gasteiger charge is -2.11. The van der Waals surface area contributed by atoms with Gasteiger partial charge in [0.25, 0.3) is 11.5 Å². The van der Waals surface area contributed by atoms with Gasteiger partial charge < -0.3 is 4.57 Å². The van der Waals surface area contributed by atoms with Crippen LogP contribution in [0.5, 0.6) is 0 Å². The summed E-state index contributed by atoms with van der Waals surface area (Å²) in [6, 6.07) is 8.12. The number of nitrogens with one attached hydrogen (secondary N) is 2. The van der Waals surface area contributed by atoms with Gasteiger partial charge in [0, 0.05) is 22.2 Å². The van der Waals surface area contributed by atoms with Crippen LogP contribution in [0, 0.1) is 0 Å². The van der Waals surface area contributed by atoms with Crippen molar-refractivity contribution in [3.8, 4) is 0 Å². The molecular weight excluding hydrogens is 407 g/mol. The molecule has 144 valence electrons. The number of nitrogens with zero attached hydrogens (tertiary/aromatic N) is 1. The lowest BCUT2D eigenvalue weighted by atomic mass is 10.3. The number of hydrogen-bond acceptors (Lipinski definition) is 4. The fourth-order valence-electron chi connectivity index (χ4n) is 1.87. The predicted molar refractivity (Wildman–Crippen MR) is 94.2 cm³/mol. The minimum absolute atomic E-state index is 0.00851. The van der Waals surface area contributed by atoms with Crippen LogP contribution < -0.4 is 16.4 Å². The Kier molecular flexibility index (Phi) is 6.92. The van der Waals surface area contributed by atoms with Crippen molar-refractivity contribution in [2.45, 2.75) is 17.6 Å². The van der Waals surface area contributed by atoms with Crippen LogP contribution in [0.15, 0.2) is 52.3 Å². The molecule has 1 heterocycles. The van der Waals surface area contributed by atoms with Crippen molar-refractivity contribution in [2.75, 3.05) is 5.75 Å². The maximum Gasteiger partial charge on any atom is 0.417 e. The van der Waals surface area contributed by atoms with Gasteiger partial charge in [-0.25, -0.2) is 0 Å². The number of hydrogen-bond donors (Lipinski definition) is 2. The molecule has 0 saturated heterocycles. The molecule has 0 fully saturated rings. The number of aromatic nitrogens is 1. The van der Waals surface area contributed by atoms with Gasteiger partial charge in [0.2, 0.25) is 5.91 Å². The molecule has 6 nitrogen and oxygen atoms in total. The molecule has 0 aliphatic rings. The van der Waals surface area contributed by atoms with E-state index in [2.05, 4.69) is 5.43 Å². The Balaban J connectivity index is 1.84. The van der Waals surface area contributed by atoms with Gasteiger partial charge >= 0.3 is 6.18 Å². The molecule has 0 atom stereocenters. The number of alkyl halides is 3. The van der Waals surface area contributed by atoms with Crippen LogP contribution in [0.1, 0.15) is 5.56 Å². The molecule has 0 radical (unpaired) electrons. The molecule has 27 heavy (non-hydrogen) atoms. The quantitative estimate of drug-likeness (QED) is 0.576. The highest BCUT2D eigenvalue weighted by atomic mass is 35.5. The summed E-state index contributed by atoms with van der Waals surface area (Å²) >= 11 is 6.95. The SMILES string of the molecule is O=C(CSc1ccc(Cl)cc1)NNC(=O)Cn1cc(C(F)(F)F)ccc1=O. The molecule has 0 aliphatic heterocycles. The van der Waals surface area contributed by atoms with Crippen molar-refractivity contribution in [1.29, 1.82) is 0 Å².